The normalized spacial score (nSPS) is 14.6. The largest absolute Gasteiger partial charge is 0.389 e. The van der Waals surface area contributed by atoms with Gasteiger partial charge >= 0.3 is 0 Å². The van der Waals surface area contributed by atoms with Gasteiger partial charge in [-0.25, -0.2) is 0 Å². The molecule has 0 aliphatic heterocycles. The van der Waals surface area contributed by atoms with E-state index >= 15 is 0 Å². The Morgan fingerprint density at radius 1 is 1.00 bits per heavy atom. The maximum Gasteiger partial charge on any atom is 0.266 e. The fourth-order valence-corrected chi connectivity index (χ4v) is 2.27. The van der Waals surface area contributed by atoms with Crippen LogP contribution in [0.4, 0.5) is 0 Å². The lowest BCUT2D eigenvalue weighted by atomic mass is 10.3. The molecule has 0 radical (unpaired) electrons. The first-order valence-corrected chi connectivity index (χ1v) is 8.80. The van der Waals surface area contributed by atoms with Crippen molar-refractivity contribution in [2.24, 2.45) is 0 Å². The van der Waals surface area contributed by atoms with Gasteiger partial charge in [0.2, 0.25) is 0 Å². The van der Waals surface area contributed by atoms with Crippen LogP contribution in [0.1, 0.15) is 0 Å². The number of aliphatic hydroxyl groups is 2. The van der Waals surface area contributed by atoms with Crippen molar-refractivity contribution in [1.82, 2.24) is 4.90 Å². The summed E-state index contributed by atoms with van der Waals surface area (Å²) in [7, 11) is -4.13. The van der Waals surface area contributed by atoms with Crippen LogP contribution >= 0.6 is 0 Å². The number of nitrogens with zero attached hydrogens (tertiary/aromatic N) is 1. The molecule has 0 aromatic rings. The topological polar surface area (TPSA) is 117 Å². The number of aliphatic hydroxyl groups excluding tert-OH is 2. The van der Waals surface area contributed by atoms with E-state index in [9.17, 15) is 18.6 Å². The van der Waals surface area contributed by atoms with Crippen molar-refractivity contribution in [3.63, 3.8) is 0 Å². The molecule has 0 aromatic heterocycles. The van der Waals surface area contributed by atoms with Crippen LogP contribution in [0.5, 0.6) is 0 Å². The summed E-state index contributed by atoms with van der Waals surface area (Å²) in [6.07, 6.45) is 1.36. The van der Waals surface area contributed by atoms with Crippen LogP contribution in [-0.2, 0) is 19.6 Å². The highest BCUT2D eigenvalue weighted by Crippen LogP contribution is 2.00. The third-order valence-corrected chi connectivity index (χ3v) is 3.39. The van der Waals surface area contributed by atoms with Crippen LogP contribution in [0.3, 0.4) is 0 Å². The van der Waals surface area contributed by atoms with Crippen LogP contribution < -0.4 is 0 Å². The van der Waals surface area contributed by atoms with Crippen molar-refractivity contribution in [1.29, 1.82) is 0 Å². The minimum Gasteiger partial charge on any atom is -0.389 e. The molecule has 23 heavy (non-hydrogen) atoms. The summed E-state index contributed by atoms with van der Waals surface area (Å²) in [6, 6.07) is 0. The predicted octanol–water partition coefficient (Wildman–Crippen LogP) is -0.697. The molecule has 2 atom stereocenters. The summed E-state index contributed by atoms with van der Waals surface area (Å²) in [5, 5.41) is 19.7. The Morgan fingerprint density at radius 3 is 1.78 bits per heavy atom. The number of hydrogen-bond donors (Lipinski definition) is 3. The Hall–Kier alpha value is -0.810. The van der Waals surface area contributed by atoms with Gasteiger partial charge in [0, 0.05) is 19.6 Å². The molecule has 3 N–H and O–H groups in total. The lowest BCUT2D eigenvalue weighted by Crippen LogP contribution is -2.43. The predicted molar refractivity (Wildman–Crippen MR) is 86.9 cm³/mol. The second-order valence-electron chi connectivity index (χ2n) is 5.01. The summed E-state index contributed by atoms with van der Waals surface area (Å²) in [5.74, 6) is -0.493. The number of ether oxygens (including phenoxy) is 2. The van der Waals surface area contributed by atoms with Crippen LogP contribution in [0.15, 0.2) is 25.3 Å². The molecule has 0 spiro atoms. The molecule has 0 saturated carbocycles. The summed E-state index contributed by atoms with van der Waals surface area (Å²) in [5.41, 5.74) is 0. The standard InChI is InChI=1S/C14H27NO7S/c1-3-6-21-11-13(16)9-15(5-8-23(18,19)20)10-14(17)12-22-7-4-2/h3-4,13-14,16-17H,1-2,5-12H2,(H,18,19,20). The van der Waals surface area contributed by atoms with Crippen molar-refractivity contribution in [2.45, 2.75) is 12.2 Å². The number of hydrogen-bond acceptors (Lipinski definition) is 7. The van der Waals surface area contributed by atoms with Crippen molar-refractivity contribution < 1.29 is 32.7 Å². The van der Waals surface area contributed by atoms with Crippen molar-refractivity contribution >= 4 is 10.1 Å². The first-order valence-electron chi connectivity index (χ1n) is 7.19. The smallest absolute Gasteiger partial charge is 0.266 e. The molecule has 8 nitrogen and oxygen atoms in total. The van der Waals surface area contributed by atoms with E-state index in [1.807, 2.05) is 0 Å². The highest BCUT2D eigenvalue weighted by atomic mass is 32.2. The van der Waals surface area contributed by atoms with Gasteiger partial charge < -0.3 is 19.7 Å². The second-order valence-corrected chi connectivity index (χ2v) is 6.58. The van der Waals surface area contributed by atoms with Gasteiger partial charge in [0.25, 0.3) is 10.1 Å². The van der Waals surface area contributed by atoms with Crippen LogP contribution in [0, 0.1) is 0 Å². The third-order valence-electron chi connectivity index (χ3n) is 2.70. The Bertz CT molecular complexity index is 405. The van der Waals surface area contributed by atoms with Gasteiger partial charge in [-0.3, -0.25) is 9.45 Å². The average Bonchev–Trinajstić information content (AvgIpc) is 2.44. The molecule has 0 fully saturated rings. The molecule has 0 amide bonds. The SMILES string of the molecule is C=CCOCC(O)CN(CCS(=O)(=O)O)CC(O)COCC=C. The van der Waals surface area contributed by atoms with E-state index in [4.69, 9.17) is 14.0 Å². The molecule has 0 heterocycles. The molecular weight excluding hydrogens is 326 g/mol. The van der Waals surface area contributed by atoms with Crippen molar-refractivity contribution in [3.05, 3.63) is 25.3 Å². The fourth-order valence-electron chi connectivity index (χ4n) is 1.78. The molecule has 0 rings (SSSR count). The van der Waals surface area contributed by atoms with Gasteiger partial charge in [-0.2, -0.15) is 8.42 Å². The van der Waals surface area contributed by atoms with E-state index in [2.05, 4.69) is 13.2 Å². The van der Waals surface area contributed by atoms with Crippen LogP contribution in [0.25, 0.3) is 0 Å². The van der Waals surface area contributed by atoms with Gasteiger partial charge in [-0.05, 0) is 0 Å². The van der Waals surface area contributed by atoms with Gasteiger partial charge in [0.1, 0.15) is 0 Å². The summed E-state index contributed by atoms with van der Waals surface area (Å²) < 4.78 is 40.8. The zero-order chi connectivity index (χ0) is 17.7. The van der Waals surface area contributed by atoms with E-state index in [0.717, 1.165) is 0 Å². The quantitative estimate of drug-likeness (QED) is 0.201. The molecular formula is C14H27NO7S. The zero-order valence-electron chi connectivity index (χ0n) is 13.2. The lowest BCUT2D eigenvalue weighted by Gasteiger charge is -2.26. The van der Waals surface area contributed by atoms with Crippen molar-refractivity contribution in [2.75, 3.05) is 51.8 Å². The zero-order valence-corrected chi connectivity index (χ0v) is 14.0. The van der Waals surface area contributed by atoms with Crippen LogP contribution in [-0.4, -0.2) is 92.1 Å². The molecule has 0 aromatic carbocycles. The minimum absolute atomic E-state index is 0.0319. The van der Waals surface area contributed by atoms with E-state index in [1.54, 1.807) is 12.2 Å². The Balaban J connectivity index is 4.41. The maximum absolute atomic E-state index is 10.9. The molecule has 2 unspecified atom stereocenters. The monoisotopic (exact) mass is 353 g/mol. The molecule has 9 heteroatoms. The summed E-state index contributed by atoms with van der Waals surface area (Å²) >= 11 is 0. The van der Waals surface area contributed by atoms with Gasteiger partial charge in [-0.15, -0.1) is 13.2 Å². The highest BCUT2D eigenvalue weighted by molar-refractivity contribution is 7.85. The van der Waals surface area contributed by atoms with Crippen molar-refractivity contribution in [3.8, 4) is 0 Å². The molecule has 0 bridgehead atoms. The van der Waals surface area contributed by atoms with E-state index < -0.39 is 28.1 Å². The van der Waals surface area contributed by atoms with E-state index in [-0.39, 0.29) is 32.8 Å². The number of rotatable bonds is 15. The van der Waals surface area contributed by atoms with Gasteiger partial charge in [-0.1, -0.05) is 12.2 Å². The van der Waals surface area contributed by atoms with E-state index in [0.29, 0.717) is 13.2 Å². The molecule has 0 aliphatic rings. The Morgan fingerprint density at radius 2 is 1.43 bits per heavy atom. The fraction of sp³-hybridized carbons (Fsp3) is 0.714. The maximum atomic E-state index is 10.9. The Labute approximate surface area is 137 Å². The first-order chi connectivity index (χ1) is 10.8. The Kier molecular flexibility index (Phi) is 12.1. The minimum atomic E-state index is -4.13. The first kappa shape index (κ1) is 22.2. The molecule has 0 aliphatic carbocycles. The molecule has 136 valence electrons. The average molecular weight is 353 g/mol. The highest BCUT2D eigenvalue weighted by Gasteiger charge is 2.18. The summed E-state index contributed by atoms with van der Waals surface area (Å²) in [4.78, 5) is 1.53. The van der Waals surface area contributed by atoms with E-state index in [1.165, 1.54) is 4.90 Å². The van der Waals surface area contributed by atoms with Gasteiger partial charge in [0.15, 0.2) is 0 Å². The van der Waals surface area contributed by atoms with Crippen LogP contribution in [0.2, 0.25) is 0 Å². The van der Waals surface area contributed by atoms with Gasteiger partial charge in [0.05, 0.1) is 44.4 Å². The third kappa shape index (κ3) is 14.5. The second kappa shape index (κ2) is 12.6. The summed E-state index contributed by atoms with van der Waals surface area (Å²) in [6.45, 7) is 7.80. The molecule has 0 saturated heterocycles. The lowest BCUT2D eigenvalue weighted by molar-refractivity contribution is -0.00111.